The minimum absolute atomic E-state index is 0. The second-order valence-electron chi connectivity index (χ2n) is 2.12. The Balaban J connectivity index is 0.000000845. The van der Waals surface area contributed by atoms with Crippen LogP contribution in [0, 0.1) is 0 Å². The topological polar surface area (TPSA) is 65.9 Å². The molecule has 0 aliphatic heterocycles. The zero-order chi connectivity index (χ0) is 8.55. The molecule has 2 aromatic rings. The fourth-order valence-electron chi connectivity index (χ4n) is 0.916. The summed E-state index contributed by atoms with van der Waals surface area (Å²) in [5.74, 6) is 0. The zero-order valence-electron chi connectivity index (χ0n) is 6.76. The standard InChI is InChI=1S/C6H4N2O2S2.Na/c9-12(10)5-3-1-2-4-6(5)8-11-7-4;/h1-3H,(H,9,10);/q;+1/p-1. The van der Waals surface area contributed by atoms with Crippen LogP contribution in [0.3, 0.4) is 0 Å². The molecule has 0 aliphatic rings. The SMILES string of the molecule is O=S([O-])c1cccc2nsnc12.[Na+]. The van der Waals surface area contributed by atoms with Crippen LogP contribution in [0.1, 0.15) is 0 Å². The van der Waals surface area contributed by atoms with E-state index in [-0.39, 0.29) is 34.5 Å². The Bertz CT molecular complexity index is 445. The van der Waals surface area contributed by atoms with Gasteiger partial charge in [0.15, 0.2) is 0 Å². The van der Waals surface area contributed by atoms with E-state index in [0.29, 0.717) is 11.0 Å². The largest absolute Gasteiger partial charge is 1.00 e. The Morgan fingerprint density at radius 2 is 2.15 bits per heavy atom. The third-order valence-electron chi connectivity index (χ3n) is 1.43. The summed E-state index contributed by atoms with van der Waals surface area (Å²) in [4.78, 5) is 0.209. The van der Waals surface area contributed by atoms with Crippen molar-refractivity contribution in [2.24, 2.45) is 0 Å². The molecule has 1 aromatic carbocycles. The first-order valence-corrected chi connectivity index (χ1v) is 4.90. The van der Waals surface area contributed by atoms with Gasteiger partial charge in [0.2, 0.25) is 0 Å². The maximum absolute atomic E-state index is 10.6. The van der Waals surface area contributed by atoms with E-state index in [0.717, 1.165) is 11.7 Å². The van der Waals surface area contributed by atoms with Crippen molar-refractivity contribution in [2.75, 3.05) is 0 Å². The molecule has 0 aliphatic carbocycles. The number of aromatic nitrogens is 2. The van der Waals surface area contributed by atoms with Gasteiger partial charge in [-0.25, -0.2) is 0 Å². The molecule has 0 radical (unpaired) electrons. The number of rotatable bonds is 1. The van der Waals surface area contributed by atoms with Gasteiger partial charge in [0.25, 0.3) is 0 Å². The molecule has 1 aromatic heterocycles. The van der Waals surface area contributed by atoms with E-state index < -0.39 is 11.1 Å². The van der Waals surface area contributed by atoms with Gasteiger partial charge in [-0.3, -0.25) is 4.21 Å². The van der Waals surface area contributed by atoms with Gasteiger partial charge in [0.1, 0.15) is 11.0 Å². The van der Waals surface area contributed by atoms with Crippen molar-refractivity contribution in [1.29, 1.82) is 0 Å². The average Bonchev–Trinajstić information content (AvgIpc) is 2.49. The first-order valence-electron chi connectivity index (χ1n) is 3.09. The van der Waals surface area contributed by atoms with Gasteiger partial charge in [-0.1, -0.05) is 6.07 Å². The summed E-state index contributed by atoms with van der Waals surface area (Å²) in [5.41, 5.74) is 1.08. The second-order valence-corrected chi connectivity index (χ2v) is 3.56. The Labute approximate surface area is 103 Å². The summed E-state index contributed by atoms with van der Waals surface area (Å²) in [6.07, 6.45) is 0. The molecule has 0 saturated heterocycles. The van der Waals surface area contributed by atoms with Crippen LogP contribution < -0.4 is 29.6 Å². The molecule has 4 nitrogen and oxygen atoms in total. The maximum Gasteiger partial charge on any atom is 1.00 e. The molecule has 7 heteroatoms. The summed E-state index contributed by atoms with van der Waals surface area (Å²) in [6, 6.07) is 4.89. The van der Waals surface area contributed by atoms with E-state index in [9.17, 15) is 8.76 Å². The molecule has 1 atom stereocenters. The van der Waals surface area contributed by atoms with Crippen molar-refractivity contribution in [3.63, 3.8) is 0 Å². The minimum atomic E-state index is -2.23. The number of hydrogen-bond donors (Lipinski definition) is 0. The first-order chi connectivity index (χ1) is 5.79. The van der Waals surface area contributed by atoms with Crippen molar-refractivity contribution in [1.82, 2.24) is 8.75 Å². The van der Waals surface area contributed by atoms with Crippen molar-refractivity contribution < 1.29 is 38.3 Å². The smallest absolute Gasteiger partial charge is 0.768 e. The van der Waals surface area contributed by atoms with Crippen LogP contribution in [0.2, 0.25) is 0 Å². The third-order valence-corrected chi connectivity index (χ3v) is 2.66. The zero-order valence-corrected chi connectivity index (χ0v) is 10.4. The van der Waals surface area contributed by atoms with E-state index in [1.165, 1.54) is 6.07 Å². The Kier molecular flexibility index (Phi) is 3.96. The van der Waals surface area contributed by atoms with Crippen LogP contribution in [0.4, 0.5) is 0 Å². The van der Waals surface area contributed by atoms with Gasteiger partial charge in [-0.05, 0) is 23.2 Å². The quantitative estimate of drug-likeness (QED) is 0.411. The van der Waals surface area contributed by atoms with Gasteiger partial charge in [0, 0.05) is 0 Å². The molecule has 62 valence electrons. The summed E-state index contributed by atoms with van der Waals surface area (Å²) < 4.78 is 29.1. The van der Waals surface area contributed by atoms with E-state index in [1.54, 1.807) is 12.1 Å². The van der Waals surface area contributed by atoms with E-state index in [2.05, 4.69) is 8.75 Å². The Morgan fingerprint density at radius 3 is 2.85 bits per heavy atom. The van der Waals surface area contributed by atoms with Gasteiger partial charge in [-0.15, -0.1) is 0 Å². The molecule has 0 saturated carbocycles. The van der Waals surface area contributed by atoms with E-state index >= 15 is 0 Å². The van der Waals surface area contributed by atoms with Gasteiger partial charge in [-0.2, -0.15) is 8.75 Å². The van der Waals surface area contributed by atoms with Crippen LogP contribution in [-0.4, -0.2) is 17.5 Å². The number of hydrogen-bond acceptors (Lipinski definition) is 5. The molecule has 13 heavy (non-hydrogen) atoms. The molecule has 0 amide bonds. The maximum atomic E-state index is 10.6. The van der Waals surface area contributed by atoms with E-state index in [1.807, 2.05) is 0 Å². The van der Waals surface area contributed by atoms with Gasteiger partial charge in [0.05, 0.1) is 16.6 Å². The van der Waals surface area contributed by atoms with E-state index in [4.69, 9.17) is 0 Å². The van der Waals surface area contributed by atoms with Crippen LogP contribution in [0.15, 0.2) is 23.1 Å². The number of benzene rings is 1. The predicted octanol–water partition coefficient (Wildman–Crippen LogP) is -2.07. The molecule has 0 fully saturated rings. The van der Waals surface area contributed by atoms with Crippen molar-refractivity contribution in [2.45, 2.75) is 4.90 Å². The monoisotopic (exact) mass is 222 g/mol. The number of fused-ring (bicyclic) bond motifs is 1. The second kappa shape index (κ2) is 4.59. The molecular weight excluding hydrogens is 219 g/mol. The normalized spacial score (nSPS) is 12.4. The van der Waals surface area contributed by atoms with Crippen molar-refractivity contribution in [3.05, 3.63) is 18.2 Å². The van der Waals surface area contributed by atoms with Crippen molar-refractivity contribution in [3.8, 4) is 0 Å². The predicted molar refractivity (Wildman–Crippen MR) is 44.6 cm³/mol. The van der Waals surface area contributed by atoms with Crippen LogP contribution in [0.5, 0.6) is 0 Å². The van der Waals surface area contributed by atoms with Gasteiger partial charge >= 0.3 is 29.6 Å². The van der Waals surface area contributed by atoms with Crippen molar-refractivity contribution >= 4 is 33.8 Å². The summed E-state index contributed by atoms with van der Waals surface area (Å²) in [7, 11) is 0. The Morgan fingerprint density at radius 1 is 1.38 bits per heavy atom. The fraction of sp³-hybridized carbons (Fsp3) is 0. The third kappa shape index (κ3) is 2.15. The van der Waals surface area contributed by atoms with Crippen LogP contribution >= 0.6 is 11.7 Å². The summed E-state index contributed by atoms with van der Waals surface area (Å²) in [5, 5.41) is 0. The first kappa shape index (κ1) is 11.2. The molecule has 1 unspecified atom stereocenters. The molecule has 0 spiro atoms. The average molecular weight is 222 g/mol. The molecule has 0 N–H and O–H groups in total. The van der Waals surface area contributed by atoms with Crippen LogP contribution in [-0.2, 0) is 11.1 Å². The molecule has 2 rings (SSSR count). The summed E-state index contributed by atoms with van der Waals surface area (Å²) in [6.45, 7) is 0. The molecule has 0 bridgehead atoms. The molecular formula is C6H3N2NaO2S2. The summed E-state index contributed by atoms with van der Waals surface area (Å²) >= 11 is -1.22. The van der Waals surface area contributed by atoms with Crippen LogP contribution in [0.25, 0.3) is 11.0 Å². The number of nitrogens with zero attached hydrogens (tertiary/aromatic N) is 2. The molecule has 1 heterocycles. The minimum Gasteiger partial charge on any atom is -0.768 e. The fourth-order valence-corrected chi connectivity index (χ4v) is 2.02. The van der Waals surface area contributed by atoms with Gasteiger partial charge < -0.3 is 4.55 Å². The Hall–Kier alpha value is 0.150.